The zero-order chi connectivity index (χ0) is 17.1. The molecular formula is C17H25N5O2. The van der Waals surface area contributed by atoms with Crippen molar-refractivity contribution in [3.63, 3.8) is 0 Å². The van der Waals surface area contributed by atoms with Crippen LogP contribution in [0.1, 0.15) is 55.6 Å². The number of carbonyl (C=O) groups excluding carboxylic acids is 1. The van der Waals surface area contributed by atoms with Crippen LogP contribution in [0.15, 0.2) is 16.7 Å². The van der Waals surface area contributed by atoms with E-state index in [2.05, 4.69) is 31.6 Å². The number of aromatic amines is 1. The van der Waals surface area contributed by atoms with Crippen molar-refractivity contribution in [2.45, 2.75) is 45.4 Å². The molecule has 0 aromatic carbocycles. The van der Waals surface area contributed by atoms with Gasteiger partial charge in [-0.15, -0.1) is 0 Å². The minimum atomic E-state index is -0.0692. The van der Waals surface area contributed by atoms with E-state index in [0.717, 1.165) is 43.0 Å². The summed E-state index contributed by atoms with van der Waals surface area (Å²) >= 11 is 0. The van der Waals surface area contributed by atoms with E-state index in [9.17, 15) is 4.79 Å². The number of piperidine rings is 1. The van der Waals surface area contributed by atoms with Gasteiger partial charge in [-0.05, 0) is 38.3 Å². The molecule has 1 atom stereocenters. The van der Waals surface area contributed by atoms with E-state index >= 15 is 0 Å². The van der Waals surface area contributed by atoms with Gasteiger partial charge in [-0.25, -0.2) is 0 Å². The van der Waals surface area contributed by atoms with Gasteiger partial charge in [0, 0.05) is 24.2 Å². The van der Waals surface area contributed by atoms with Crippen molar-refractivity contribution in [3.05, 3.63) is 29.2 Å². The molecule has 0 radical (unpaired) electrons. The maximum absolute atomic E-state index is 12.2. The van der Waals surface area contributed by atoms with Crippen LogP contribution in [0.5, 0.6) is 0 Å². The number of aromatic nitrogens is 3. The highest BCUT2D eigenvalue weighted by atomic mass is 16.5. The van der Waals surface area contributed by atoms with Crippen molar-refractivity contribution >= 4 is 11.8 Å². The smallest absolute Gasteiger partial charge is 0.240 e. The monoisotopic (exact) mass is 331 g/mol. The highest BCUT2D eigenvalue weighted by Crippen LogP contribution is 2.25. The molecule has 3 rings (SSSR count). The van der Waals surface area contributed by atoms with Crippen molar-refractivity contribution in [1.29, 1.82) is 0 Å². The fraction of sp³-hybridized carbons (Fsp3) is 0.588. The molecule has 130 valence electrons. The minimum absolute atomic E-state index is 0.0692. The molecule has 7 heteroatoms. The lowest BCUT2D eigenvalue weighted by molar-refractivity contribution is -0.117. The van der Waals surface area contributed by atoms with E-state index in [4.69, 9.17) is 4.52 Å². The van der Waals surface area contributed by atoms with E-state index in [1.165, 1.54) is 0 Å². The third-order valence-electron chi connectivity index (χ3n) is 4.40. The van der Waals surface area contributed by atoms with E-state index in [-0.39, 0.29) is 11.8 Å². The highest BCUT2D eigenvalue weighted by Gasteiger charge is 2.24. The lowest BCUT2D eigenvalue weighted by atomic mass is 9.94. The predicted octanol–water partition coefficient (Wildman–Crippen LogP) is 2.65. The van der Waals surface area contributed by atoms with Gasteiger partial charge >= 0.3 is 0 Å². The summed E-state index contributed by atoms with van der Waals surface area (Å²) in [5, 5.41) is 14.1. The molecule has 2 N–H and O–H groups in total. The summed E-state index contributed by atoms with van der Waals surface area (Å²) in [6.45, 7) is 8.22. The van der Waals surface area contributed by atoms with E-state index < -0.39 is 0 Å². The van der Waals surface area contributed by atoms with E-state index in [0.29, 0.717) is 18.3 Å². The molecule has 1 fully saturated rings. The Morgan fingerprint density at radius 3 is 3.00 bits per heavy atom. The summed E-state index contributed by atoms with van der Waals surface area (Å²) in [7, 11) is 0. The fourth-order valence-electron chi connectivity index (χ4n) is 3.09. The molecular weight excluding hydrogens is 306 g/mol. The van der Waals surface area contributed by atoms with Gasteiger partial charge in [0.25, 0.3) is 0 Å². The van der Waals surface area contributed by atoms with Crippen molar-refractivity contribution in [2.75, 3.05) is 25.0 Å². The summed E-state index contributed by atoms with van der Waals surface area (Å²) < 4.78 is 5.16. The molecule has 1 aliphatic rings. The number of rotatable bonds is 5. The number of amides is 1. The first-order valence-electron chi connectivity index (χ1n) is 8.52. The summed E-state index contributed by atoms with van der Waals surface area (Å²) in [6.07, 6.45) is 2.19. The van der Waals surface area contributed by atoms with Crippen LogP contribution >= 0.6 is 0 Å². The minimum Gasteiger partial charge on any atom is -0.338 e. The maximum Gasteiger partial charge on any atom is 0.240 e. The average Bonchev–Trinajstić information content (AvgIpc) is 3.16. The van der Waals surface area contributed by atoms with Crippen LogP contribution < -0.4 is 5.32 Å². The number of nitrogens with zero attached hydrogens (tertiary/aromatic N) is 3. The van der Waals surface area contributed by atoms with Gasteiger partial charge in [-0.3, -0.25) is 20.1 Å². The van der Waals surface area contributed by atoms with Crippen molar-refractivity contribution in [1.82, 2.24) is 20.3 Å². The first kappa shape index (κ1) is 16.7. The standard InChI is InChI=1S/C17H25N5O2/c1-11(2)14-8-17(24-21-14)18-16(23)10-22-6-4-5-13(9-22)15-7-12(3)19-20-15/h7-8,11,13H,4-6,9-10H2,1-3H3,(H,18,23)(H,19,20)/t13-/m0/s1. The first-order valence-corrected chi connectivity index (χ1v) is 8.52. The lowest BCUT2D eigenvalue weighted by Gasteiger charge is -2.31. The van der Waals surface area contributed by atoms with Crippen LogP contribution in [0.2, 0.25) is 0 Å². The first-order chi connectivity index (χ1) is 11.5. The van der Waals surface area contributed by atoms with Crippen LogP contribution in [-0.4, -0.2) is 45.8 Å². The molecule has 1 amide bonds. The van der Waals surface area contributed by atoms with Crippen molar-refractivity contribution in [3.8, 4) is 0 Å². The van der Waals surface area contributed by atoms with Gasteiger partial charge in [0.05, 0.1) is 17.9 Å². The Balaban J connectivity index is 1.53. The number of anilines is 1. The average molecular weight is 331 g/mol. The molecule has 2 aromatic heterocycles. The molecule has 0 unspecified atom stereocenters. The third-order valence-corrected chi connectivity index (χ3v) is 4.40. The molecule has 2 aromatic rings. The SMILES string of the molecule is Cc1cc([C@H]2CCCN(CC(=O)Nc3cc(C(C)C)no3)C2)n[nH]1. The van der Waals surface area contributed by atoms with Gasteiger partial charge < -0.3 is 4.52 Å². The summed E-state index contributed by atoms with van der Waals surface area (Å²) in [5.41, 5.74) is 3.01. The Kier molecular flexibility index (Phi) is 4.99. The molecule has 24 heavy (non-hydrogen) atoms. The lowest BCUT2D eigenvalue weighted by Crippen LogP contribution is -2.39. The second-order valence-corrected chi connectivity index (χ2v) is 6.87. The summed E-state index contributed by atoms with van der Waals surface area (Å²) in [5.74, 6) is 1.01. The maximum atomic E-state index is 12.2. The number of carbonyl (C=O) groups is 1. The number of H-pyrrole nitrogens is 1. The Morgan fingerprint density at radius 1 is 1.50 bits per heavy atom. The summed E-state index contributed by atoms with van der Waals surface area (Å²) in [4.78, 5) is 14.4. The van der Waals surface area contributed by atoms with Crippen LogP contribution in [0.4, 0.5) is 5.88 Å². The second-order valence-electron chi connectivity index (χ2n) is 6.87. The molecule has 1 saturated heterocycles. The zero-order valence-electron chi connectivity index (χ0n) is 14.5. The number of likely N-dealkylation sites (tertiary alicyclic amines) is 1. The van der Waals surface area contributed by atoms with Crippen LogP contribution in [0.3, 0.4) is 0 Å². The van der Waals surface area contributed by atoms with Gasteiger partial charge in [0.15, 0.2) is 0 Å². The predicted molar refractivity (Wildman–Crippen MR) is 91.0 cm³/mol. The molecule has 0 aliphatic carbocycles. The van der Waals surface area contributed by atoms with E-state index in [1.54, 1.807) is 6.07 Å². The number of aryl methyl sites for hydroxylation is 1. The van der Waals surface area contributed by atoms with Crippen molar-refractivity contribution in [2.24, 2.45) is 0 Å². The molecule has 0 bridgehead atoms. The molecule has 1 aliphatic heterocycles. The largest absolute Gasteiger partial charge is 0.338 e. The Morgan fingerprint density at radius 2 is 2.33 bits per heavy atom. The topological polar surface area (TPSA) is 87.1 Å². The molecule has 3 heterocycles. The third kappa shape index (κ3) is 4.03. The zero-order valence-corrected chi connectivity index (χ0v) is 14.5. The van der Waals surface area contributed by atoms with Crippen molar-refractivity contribution < 1.29 is 9.32 Å². The molecule has 7 nitrogen and oxygen atoms in total. The quantitative estimate of drug-likeness (QED) is 0.879. The second kappa shape index (κ2) is 7.17. The number of hydrogen-bond acceptors (Lipinski definition) is 5. The molecule has 0 spiro atoms. The summed E-state index contributed by atoms with van der Waals surface area (Å²) in [6, 6.07) is 3.88. The van der Waals surface area contributed by atoms with Gasteiger partial charge in [0.1, 0.15) is 0 Å². The Hall–Kier alpha value is -2.15. The van der Waals surface area contributed by atoms with Gasteiger partial charge in [-0.1, -0.05) is 19.0 Å². The highest BCUT2D eigenvalue weighted by molar-refractivity contribution is 5.91. The number of nitrogens with one attached hydrogen (secondary N) is 2. The van der Waals surface area contributed by atoms with Gasteiger partial charge in [-0.2, -0.15) is 5.10 Å². The van der Waals surface area contributed by atoms with E-state index in [1.807, 2.05) is 20.8 Å². The fourth-order valence-corrected chi connectivity index (χ4v) is 3.09. The molecule has 0 saturated carbocycles. The number of hydrogen-bond donors (Lipinski definition) is 2. The van der Waals surface area contributed by atoms with Crippen LogP contribution in [0.25, 0.3) is 0 Å². The van der Waals surface area contributed by atoms with Gasteiger partial charge in [0.2, 0.25) is 11.8 Å². The normalized spacial score (nSPS) is 18.9. The van der Waals surface area contributed by atoms with Crippen LogP contribution in [-0.2, 0) is 4.79 Å². The Labute approximate surface area is 141 Å². The Bertz CT molecular complexity index is 691. The van der Waals surface area contributed by atoms with Crippen LogP contribution in [0, 0.1) is 6.92 Å².